The van der Waals surface area contributed by atoms with Crippen molar-refractivity contribution in [1.29, 1.82) is 0 Å². The number of rotatable bonds is 4. The molecule has 5 nitrogen and oxygen atoms in total. The molecule has 0 saturated heterocycles. The van der Waals surface area contributed by atoms with Crippen molar-refractivity contribution in [2.24, 2.45) is 5.10 Å². The van der Waals surface area contributed by atoms with E-state index in [9.17, 15) is 13.5 Å². The van der Waals surface area contributed by atoms with Gasteiger partial charge in [-0.15, -0.1) is 0 Å². The molecule has 0 aliphatic rings. The maximum Gasteiger partial charge on any atom is 0.276 e. The lowest BCUT2D eigenvalue weighted by Gasteiger charge is -2.06. The Balaban J connectivity index is 2.21. The number of hydrogen-bond donors (Lipinski definition) is 2. The van der Waals surface area contributed by atoms with Gasteiger partial charge < -0.3 is 5.11 Å². The first-order valence-electron chi connectivity index (χ1n) is 6.31. The minimum Gasteiger partial charge on any atom is -0.508 e. The van der Waals surface area contributed by atoms with Crippen molar-refractivity contribution in [2.45, 2.75) is 18.7 Å². The van der Waals surface area contributed by atoms with E-state index in [1.165, 1.54) is 24.3 Å². The van der Waals surface area contributed by atoms with Gasteiger partial charge in [0, 0.05) is 5.56 Å². The van der Waals surface area contributed by atoms with Crippen molar-refractivity contribution in [3.8, 4) is 5.75 Å². The number of hydrogen-bond acceptors (Lipinski definition) is 4. The minimum atomic E-state index is -3.69. The molecule has 2 aromatic carbocycles. The van der Waals surface area contributed by atoms with Crippen LogP contribution in [0.15, 0.2) is 58.5 Å². The third-order valence-corrected chi connectivity index (χ3v) is 4.15. The van der Waals surface area contributed by atoms with E-state index < -0.39 is 10.0 Å². The van der Waals surface area contributed by atoms with Crippen LogP contribution >= 0.6 is 0 Å². The first-order valence-corrected chi connectivity index (χ1v) is 7.79. The smallest absolute Gasteiger partial charge is 0.276 e. The number of aryl methyl sites for hydroxylation is 1. The first kappa shape index (κ1) is 15.1. The molecule has 2 aromatic rings. The Morgan fingerprint density at radius 1 is 1.14 bits per heavy atom. The van der Waals surface area contributed by atoms with E-state index in [0.717, 1.165) is 5.56 Å². The molecule has 0 aliphatic carbocycles. The first-order chi connectivity index (χ1) is 9.88. The van der Waals surface area contributed by atoms with E-state index in [4.69, 9.17) is 0 Å². The summed E-state index contributed by atoms with van der Waals surface area (Å²) < 4.78 is 24.2. The van der Waals surface area contributed by atoms with Crippen molar-refractivity contribution in [3.63, 3.8) is 0 Å². The predicted octanol–water partition coefficient (Wildman–Crippen LogP) is 2.40. The molecule has 2 N–H and O–H groups in total. The zero-order valence-corrected chi connectivity index (χ0v) is 12.6. The van der Waals surface area contributed by atoms with Crippen LogP contribution in [-0.4, -0.2) is 19.2 Å². The molecule has 0 amide bonds. The number of hydrazone groups is 1. The molecule has 0 radical (unpaired) electrons. The number of sulfonamides is 1. The van der Waals surface area contributed by atoms with Crippen LogP contribution in [0.3, 0.4) is 0 Å². The van der Waals surface area contributed by atoms with E-state index >= 15 is 0 Å². The highest BCUT2D eigenvalue weighted by atomic mass is 32.2. The van der Waals surface area contributed by atoms with Gasteiger partial charge in [0.15, 0.2) is 0 Å². The summed E-state index contributed by atoms with van der Waals surface area (Å²) in [6, 6.07) is 12.9. The fraction of sp³-hybridized carbons (Fsp3) is 0.133. The largest absolute Gasteiger partial charge is 0.508 e. The van der Waals surface area contributed by atoms with Crippen LogP contribution in [-0.2, 0) is 10.0 Å². The molecular formula is C15H16N2O3S. The third kappa shape index (κ3) is 3.82. The topological polar surface area (TPSA) is 78.8 Å². The SMILES string of the molecule is C/C(=N/NS(=O)(=O)c1ccc(C)cc1)c1cccc(O)c1. The summed E-state index contributed by atoms with van der Waals surface area (Å²) in [4.78, 5) is 2.34. The number of phenols is 1. The summed E-state index contributed by atoms with van der Waals surface area (Å²) >= 11 is 0. The number of phenolic OH excluding ortho intramolecular Hbond substituents is 1. The Morgan fingerprint density at radius 2 is 1.81 bits per heavy atom. The molecule has 0 saturated carbocycles. The van der Waals surface area contributed by atoms with Gasteiger partial charge in [-0.1, -0.05) is 29.8 Å². The number of benzene rings is 2. The highest BCUT2D eigenvalue weighted by Crippen LogP contribution is 2.13. The van der Waals surface area contributed by atoms with Gasteiger partial charge in [0.25, 0.3) is 10.0 Å². The molecule has 6 heteroatoms. The van der Waals surface area contributed by atoms with Crippen LogP contribution < -0.4 is 4.83 Å². The molecule has 0 spiro atoms. The van der Waals surface area contributed by atoms with Gasteiger partial charge in [0.2, 0.25) is 0 Å². The van der Waals surface area contributed by atoms with E-state index in [1.807, 2.05) is 6.92 Å². The van der Waals surface area contributed by atoms with Crippen molar-refractivity contribution >= 4 is 15.7 Å². The summed E-state index contributed by atoms with van der Waals surface area (Å²) in [5, 5.41) is 13.3. The lowest BCUT2D eigenvalue weighted by molar-refractivity contribution is 0.475. The van der Waals surface area contributed by atoms with Gasteiger partial charge in [-0.25, -0.2) is 0 Å². The second-order valence-electron chi connectivity index (χ2n) is 4.66. The monoisotopic (exact) mass is 304 g/mol. The second-order valence-corrected chi connectivity index (χ2v) is 6.32. The van der Waals surface area contributed by atoms with Crippen LogP contribution in [0.25, 0.3) is 0 Å². The number of nitrogens with zero attached hydrogens (tertiary/aromatic N) is 1. The summed E-state index contributed by atoms with van der Waals surface area (Å²) in [6.07, 6.45) is 0. The Morgan fingerprint density at radius 3 is 2.43 bits per heavy atom. The van der Waals surface area contributed by atoms with Crippen LogP contribution in [0.1, 0.15) is 18.1 Å². The molecule has 2 rings (SSSR count). The summed E-state index contributed by atoms with van der Waals surface area (Å²) in [6.45, 7) is 3.54. The summed E-state index contributed by atoms with van der Waals surface area (Å²) in [5.74, 6) is 0.100. The Hall–Kier alpha value is -2.34. The van der Waals surface area contributed by atoms with E-state index in [2.05, 4.69) is 9.93 Å². The summed E-state index contributed by atoms with van der Waals surface area (Å²) in [5.41, 5.74) is 2.08. The van der Waals surface area contributed by atoms with Crippen molar-refractivity contribution in [1.82, 2.24) is 4.83 Å². The van der Waals surface area contributed by atoms with Crippen molar-refractivity contribution in [2.75, 3.05) is 0 Å². The molecule has 0 unspecified atom stereocenters. The Bertz CT molecular complexity index is 766. The standard InChI is InChI=1S/C15H16N2O3S/c1-11-6-8-15(9-7-11)21(19,20)17-16-12(2)13-4-3-5-14(18)10-13/h3-10,17-18H,1-2H3/b16-12-. The molecule has 0 fully saturated rings. The molecular weight excluding hydrogens is 288 g/mol. The number of nitrogens with one attached hydrogen (secondary N) is 1. The average Bonchev–Trinajstić information content (AvgIpc) is 2.45. The maximum absolute atomic E-state index is 12.1. The summed E-state index contributed by atoms with van der Waals surface area (Å²) in [7, 11) is -3.69. The molecule has 0 bridgehead atoms. The van der Waals surface area contributed by atoms with E-state index in [-0.39, 0.29) is 10.6 Å². The maximum atomic E-state index is 12.1. The van der Waals surface area contributed by atoms with Crippen molar-refractivity contribution < 1.29 is 13.5 Å². The van der Waals surface area contributed by atoms with E-state index in [1.54, 1.807) is 31.2 Å². The van der Waals surface area contributed by atoms with Crippen LogP contribution in [0.2, 0.25) is 0 Å². The highest BCUT2D eigenvalue weighted by Gasteiger charge is 2.12. The van der Waals surface area contributed by atoms with Crippen LogP contribution in [0.5, 0.6) is 5.75 Å². The molecule has 0 aromatic heterocycles. The lowest BCUT2D eigenvalue weighted by Crippen LogP contribution is -2.19. The molecule has 0 atom stereocenters. The molecule has 0 aliphatic heterocycles. The lowest BCUT2D eigenvalue weighted by atomic mass is 10.1. The Kier molecular flexibility index (Phi) is 4.28. The van der Waals surface area contributed by atoms with Gasteiger partial charge in [0.05, 0.1) is 10.6 Å². The average molecular weight is 304 g/mol. The van der Waals surface area contributed by atoms with Crippen LogP contribution in [0, 0.1) is 6.92 Å². The zero-order valence-electron chi connectivity index (χ0n) is 11.7. The second kappa shape index (κ2) is 5.97. The fourth-order valence-electron chi connectivity index (χ4n) is 1.69. The van der Waals surface area contributed by atoms with Crippen molar-refractivity contribution in [3.05, 3.63) is 59.7 Å². The fourth-order valence-corrected chi connectivity index (χ4v) is 2.55. The molecule has 0 heterocycles. The van der Waals surface area contributed by atoms with Gasteiger partial charge in [-0.05, 0) is 38.1 Å². The zero-order chi connectivity index (χ0) is 15.5. The predicted molar refractivity (Wildman–Crippen MR) is 81.8 cm³/mol. The van der Waals surface area contributed by atoms with E-state index in [0.29, 0.717) is 11.3 Å². The van der Waals surface area contributed by atoms with Gasteiger partial charge >= 0.3 is 0 Å². The minimum absolute atomic E-state index is 0.100. The quantitative estimate of drug-likeness (QED) is 0.672. The molecule has 110 valence electrons. The van der Waals surface area contributed by atoms with Gasteiger partial charge in [-0.2, -0.15) is 18.4 Å². The van der Waals surface area contributed by atoms with Gasteiger partial charge in [0.1, 0.15) is 5.75 Å². The van der Waals surface area contributed by atoms with Gasteiger partial charge in [-0.3, -0.25) is 0 Å². The Labute approximate surface area is 124 Å². The molecule has 21 heavy (non-hydrogen) atoms. The highest BCUT2D eigenvalue weighted by molar-refractivity contribution is 7.89. The third-order valence-electron chi connectivity index (χ3n) is 2.93. The van der Waals surface area contributed by atoms with Crippen LogP contribution in [0.4, 0.5) is 0 Å². The number of aromatic hydroxyl groups is 1. The normalized spacial score (nSPS) is 12.2.